The van der Waals surface area contributed by atoms with Gasteiger partial charge in [0, 0.05) is 6.42 Å². The third kappa shape index (κ3) is 6.11. The highest BCUT2D eigenvalue weighted by Gasteiger charge is 2.02. The van der Waals surface area contributed by atoms with E-state index in [2.05, 4.69) is 44.2 Å². The normalized spacial score (nSPS) is 10.9. The maximum Gasteiger partial charge on any atom is 0.306 e. The van der Waals surface area contributed by atoms with E-state index in [-0.39, 0.29) is 5.97 Å². The highest BCUT2D eigenvalue weighted by atomic mass is 16.5. The molecular formula is C21H24O2. The first-order valence-electron chi connectivity index (χ1n) is 8.08. The van der Waals surface area contributed by atoms with Gasteiger partial charge in [0.05, 0.1) is 0 Å². The Morgan fingerprint density at radius 1 is 1.04 bits per heavy atom. The molecule has 0 heterocycles. The Morgan fingerprint density at radius 3 is 2.57 bits per heavy atom. The second-order valence-electron chi connectivity index (χ2n) is 5.78. The molecule has 2 aromatic carbocycles. The van der Waals surface area contributed by atoms with E-state index in [9.17, 15) is 4.79 Å². The SMILES string of the molecule is Cc1ccc(/C=C\CCCC(=O)OCc2ccccc2)cc1C. The molecule has 2 heteroatoms. The molecule has 0 saturated heterocycles. The average Bonchev–Trinajstić information content (AvgIpc) is 2.57. The molecule has 0 aliphatic carbocycles. The molecule has 23 heavy (non-hydrogen) atoms. The van der Waals surface area contributed by atoms with E-state index in [4.69, 9.17) is 4.74 Å². The van der Waals surface area contributed by atoms with Crippen LogP contribution in [0.1, 0.15) is 41.5 Å². The van der Waals surface area contributed by atoms with Crippen molar-refractivity contribution >= 4 is 12.0 Å². The molecule has 0 aliphatic rings. The molecule has 0 saturated carbocycles. The number of allylic oxidation sites excluding steroid dienone is 1. The number of hydrogen-bond acceptors (Lipinski definition) is 2. The summed E-state index contributed by atoms with van der Waals surface area (Å²) >= 11 is 0. The lowest BCUT2D eigenvalue weighted by Gasteiger charge is -2.04. The molecule has 120 valence electrons. The van der Waals surface area contributed by atoms with E-state index < -0.39 is 0 Å². The third-order valence-electron chi connectivity index (χ3n) is 3.84. The molecule has 0 N–H and O–H groups in total. The number of hydrogen-bond donors (Lipinski definition) is 0. The van der Waals surface area contributed by atoms with Gasteiger partial charge in [0.25, 0.3) is 0 Å². The lowest BCUT2D eigenvalue weighted by molar-refractivity contribution is -0.145. The van der Waals surface area contributed by atoms with Crippen LogP contribution in [-0.2, 0) is 16.1 Å². The molecule has 0 aromatic heterocycles. The number of esters is 1. The summed E-state index contributed by atoms with van der Waals surface area (Å²) in [5.41, 5.74) is 4.84. The number of carbonyl (C=O) groups excluding carboxylic acids is 1. The Morgan fingerprint density at radius 2 is 1.83 bits per heavy atom. The molecule has 0 bridgehead atoms. The maximum absolute atomic E-state index is 11.7. The van der Waals surface area contributed by atoms with Gasteiger partial charge in [-0.25, -0.2) is 0 Å². The van der Waals surface area contributed by atoms with Crippen LogP contribution in [0, 0.1) is 13.8 Å². The number of rotatable bonds is 7. The second-order valence-corrected chi connectivity index (χ2v) is 5.78. The van der Waals surface area contributed by atoms with Gasteiger partial charge < -0.3 is 4.74 Å². The van der Waals surface area contributed by atoms with E-state index in [1.165, 1.54) is 16.7 Å². The smallest absolute Gasteiger partial charge is 0.306 e. The number of benzene rings is 2. The molecular weight excluding hydrogens is 284 g/mol. The second kappa shape index (κ2) is 8.94. The van der Waals surface area contributed by atoms with Crippen molar-refractivity contribution in [2.75, 3.05) is 0 Å². The van der Waals surface area contributed by atoms with Crippen LogP contribution in [0.3, 0.4) is 0 Å². The fourth-order valence-corrected chi connectivity index (χ4v) is 2.26. The van der Waals surface area contributed by atoms with E-state index >= 15 is 0 Å². The van der Waals surface area contributed by atoms with Crippen LogP contribution in [0.15, 0.2) is 54.6 Å². The third-order valence-corrected chi connectivity index (χ3v) is 3.84. The fourth-order valence-electron chi connectivity index (χ4n) is 2.26. The van der Waals surface area contributed by atoms with Crippen LogP contribution < -0.4 is 0 Å². The zero-order valence-corrected chi connectivity index (χ0v) is 13.9. The Kier molecular flexibility index (Phi) is 6.61. The molecule has 0 atom stereocenters. The Labute approximate surface area is 138 Å². The van der Waals surface area contributed by atoms with E-state index in [0.29, 0.717) is 13.0 Å². The maximum atomic E-state index is 11.7. The van der Waals surface area contributed by atoms with E-state index in [1.807, 2.05) is 30.3 Å². The molecule has 0 spiro atoms. The molecule has 0 fully saturated rings. The van der Waals surface area contributed by atoms with Crippen LogP contribution in [0.4, 0.5) is 0 Å². The van der Waals surface area contributed by atoms with Crippen molar-refractivity contribution in [3.05, 3.63) is 76.9 Å². The van der Waals surface area contributed by atoms with Gasteiger partial charge >= 0.3 is 5.97 Å². The van der Waals surface area contributed by atoms with Crippen molar-refractivity contribution in [3.63, 3.8) is 0 Å². The quantitative estimate of drug-likeness (QED) is 0.517. The number of aryl methyl sites for hydroxylation is 2. The van der Waals surface area contributed by atoms with Crippen molar-refractivity contribution in [2.24, 2.45) is 0 Å². The molecule has 0 radical (unpaired) electrons. The minimum Gasteiger partial charge on any atom is -0.461 e. The van der Waals surface area contributed by atoms with Crippen molar-refractivity contribution in [2.45, 2.75) is 39.7 Å². The van der Waals surface area contributed by atoms with Crippen LogP contribution >= 0.6 is 0 Å². The van der Waals surface area contributed by atoms with Crippen molar-refractivity contribution < 1.29 is 9.53 Å². The highest BCUT2D eigenvalue weighted by molar-refractivity contribution is 5.69. The minimum atomic E-state index is -0.131. The Hall–Kier alpha value is -2.35. The number of carbonyl (C=O) groups is 1. The fraction of sp³-hybridized carbons (Fsp3) is 0.286. The Bertz CT molecular complexity index is 657. The summed E-state index contributed by atoms with van der Waals surface area (Å²) in [6.45, 7) is 4.59. The average molecular weight is 308 g/mol. The Balaban J connectivity index is 1.65. The zero-order valence-electron chi connectivity index (χ0n) is 13.9. The number of unbranched alkanes of at least 4 members (excludes halogenated alkanes) is 1. The molecule has 0 unspecified atom stereocenters. The van der Waals surface area contributed by atoms with Gasteiger partial charge in [-0.05, 0) is 48.9 Å². The topological polar surface area (TPSA) is 26.3 Å². The highest BCUT2D eigenvalue weighted by Crippen LogP contribution is 2.12. The van der Waals surface area contributed by atoms with Crippen LogP contribution in [0.5, 0.6) is 0 Å². The molecule has 0 amide bonds. The largest absolute Gasteiger partial charge is 0.461 e. The van der Waals surface area contributed by atoms with Gasteiger partial charge in [-0.3, -0.25) is 4.79 Å². The lowest BCUT2D eigenvalue weighted by atomic mass is 10.1. The van der Waals surface area contributed by atoms with Gasteiger partial charge in [0.15, 0.2) is 0 Å². The summed E-state index contributed by atoms with van der Waals surface area (Å²) in [5, 5.41) is 0. The summed E-state index contributed by atoms with van der Waals surface area (Å²) < 4.78 is 5.26. The molecule has 0 aliphatic heterocycles. The molecule has 2 rings (SSSR count). The lowest BCUT2D eigenvalue weighted by Crippen LogP contribution is -2.03. The summed E-state index contributed by atoms with van der Waals surface area (Å²) in [6, 6.07) is 16.2. The van der Waals surface area contributed by atoms with Crippen LogP contribution in [0.2, 0.25) is 0 Å². The van der Waals surface area contributed by atoms with Gasteiger partial charge in [-0.15, -0.1) is 0 Å². The zero-order chi connectivity index (χ0) is 16.5. The predicted octanol–water partition coefficient (Wildman–Crippen LogP) is 5.23. The predicted molar refractivity (Wildman–Crippen MR) is 95.0 cm³/mol. The van der Waals surface area contributed by atoms with Gasteiger partial charge in [0.1, 0.15) is 6.61 Å². The van der Waals surface area contributed by atoms with Crippen LogP contribution in [-0.4, -0.2) is 5.97 Å². The van der Waals surface area contributed by atoms with E-state index in [0.717, 1.165) is 18.4 Å². The van der Waals surface area contributed by atoms with E-state index in [1.54, 1.807) is 0 Å². The van der Waals surface area contributed by atoms with Crippen molar-refractivity contribution in [1.29, 1.82) is 0 Å². The first-order valence-corrected chi connectivity index (χ1v) is 8.08. The minimum absolute atomic E-state index is 0.131. The first-order chi connectivity index (χ1) is 11.1. The summed E-state index contributed by atoms with van der Waals surface area (Å²) in [7, 11) is 0. The van der Waals surface area contributed by atoms with Crippen molar-refractivity contribution in [3.8, 4) is 0 Å². The molecule has 2 nitrogen and oxygen atoms in total. The standard InChI is InChI=1S/C21H24O2/c1-17-13-14-19(15-18(17)2)9-5-4-8-12-21(22)23-16-20-10-6-3-7-11-20/h3,5-7,9-11,13-15H,4,8,12,16H2,1-2H3/b9-5-. The first kappa shape index (κ1) is 17.0. The molecule has 2 aromatic rings. The van der Waals surface area contributed by atoms with Gasteiger partial charge in [-0.1, -0.05) is 60.7 Å². The summed E-state index contributed by atoms with van der Waals surface area (Å²) in [4.78, 5) is 11.7. The van der Waals surface area contributed by atoms with Crippen LogP contribution in [0.25, 0.3) is 6.08 Å². The summed E-state index contributed by atoms with van der Waals surface area (Å²) in [5.74, 6) is -0.131. The monoisotopic (exact) mass is 308 g/mol. The summed E-state index contributed by atoms with van der Waals surface area (Å²) in [6.07, 6.45) is 6.39. The van der Waals surface area contributed by atoms with Crippen molar-refractivity contribution in [1.82, 2.24) is 0 Å². The number of ether oxygens (including phenoxy) is 1. The van der Waals surface area contributed by atoms with Gasteiger partial charge in [-0.2, -0.15) is 0 Å². The van der Waals surface area contributed by atoms with Gasteiger partial charge in [0.2, 0.25) is 0 Å².